The van der Waals surface area contributed by atoms with Crippen LogP contribution in [0.4, 0.5) is 0 Å². The molecular weight excluding hydrogens is 270 g/mol. The highest BCUT2D eigenvalue weighted by Gasteiger charge is 2.16. The van der Waals surface area contributed by atoms with Gasteiger partial charge in [-0.25, -0.2) is 0 Å². The van der Waals surface area contributed by atoms with Gasteiger partial charge in [0.05, 0.1) is 12.7 Å². The molecule has 2 nitrogen and oxygen atoms in total. The van der Waals surface area contributed by atoms with E-state index in [1.807, 2.05) is 25.2 Å². The van der Waals surface area contributed by atoms with E-state index in [9.17, 15) is 0 Å². The number of hydrogen-bond acceptors (Lipinski definition) is 2. The summed E-state index contributed by atoms with van der Waals surface area (Å²) in [5.74, 6) is 0.650. The highest BCUT2D eigenvalue weighted by atomic mass is 35.5. The number of likely N-dealkylation sites (N-methyl/N-ethyl adjacent to an activating group) is 1. The Morgan fingerprint density at radius 3 is 2.60 bits per heavy atom. The first-order valence-corrected chi connectivity index (χ1v) is 8.11. The zero-order valence-electron chi connectivity index (χ0n) is 13.0. The van der Waals surface area contributed by atoms with Crippen LogP contribution in [0.3, 0.4) is 0 Å². The van der Waals surface area contributed by atoms with Crippen molar-refractivity contribution in [1.82, 2.24) is 5.32 Å². The third kappa shape index (κ3) is 5.82. The Balaban J connectivity index is 2.61. The first-order chi connectivity index (χ1) is 9.72. The number of ether oxygens (including phenoxy) is 1. The number of benzene rings is 1. The summed E-state index contributed by atoms with van der Waals surface area (Å²) in [7, 11) is 1.95. The Kier molecular flexibility index (Phi) is 8.92. The molecule has 0 saturated heterocycles. The van der Waals surface area contributed by atoms with Crippen molar-refractivity contribution >= 4 is 11.6 Å². The van der Waals surface area contributed by atoms with Crippen LogP contribution in [0.25, 0.3) is 0 Å². The monoisotopic (exact) mass is 297 g/mol. The number of nitrogens with one attached hydrogen (secondary N) is 1. The van der Waals surface area contributed by atoms with Crippen LogP contribution in [0.5, 0.6) is 0 Å². The number of rotatable bonds is 10. The zero-order chi connectivity index (χ0) is 14.8. The molecule has 3 heteroatoms. The maximum atomic E-state index is 6.28. The Hall–Kier alpha value is -0.570. The number of hydrogen-bond donors (Lipinski definition) is 1. The fourth-order valence-corrected chi connectivity index (χ4v) is 2.59. The van der Waals surface area contributed by atoms with Gasteiger partial charge in [0.25, 0.3) is 0 Å². The summed E-state index contributed by atoms with van der Waals surface area (Å²) in [5, 5.41) is 3.98. The van der Waals surface area contributed by atoms with Gasteiger partial charge in [-0.3, -0.25) is 0 Å². The second-order valence-electron chi connectivity index (χ2n) is 5.32. The lowest BCUT2D eigenvalue weighted by Crippen LogP contribution is -2.22. The van der Waals surface area contributed by atoms with E-state index < -0.39 is 0 Å². The van der Waals surface area contributed by atoms with E-state index in [-0.39, 0.29) is 6.10 Å². The molecule has 0 amide bonds. The summed E-state index contributed by atoms with van der Waals surface area (Å²) < 4.78 is 6.15. The van der Waals surface area contributed by atoms with Gasteiger partial charge in [0.1, 0.15) is 0 Å². The lowest BCUT2D eigenvalue weighted by atomic mass is 10.0. The van der Waals surface area contributed by atoms with Crippen molar-refractivity contribution in [3.8, 4) is 0 Å². The van der Waals surface area contributed by atoms with E-state index in [1.165, 1.54) is 25.7 Å². The van der Waals surface area contributed by atoms with Crippen molar-refractivity contribution in [2.24, 2.45) is 5.92 Å². The quantitative estimate of drug-likeness (QED) is 0.667. The van der Waals surface area contributed by atoms with Gasteiger partial charge in [-0.05, 0) is 25.5 Å². The molecule has 1 aromatic rings. The highest BCUT2D eigenvalue weighted by Crippen LogP contribution is 2.26. The molecule has 0 aliphatic carbocycles. The summed E-state index contributed by atoms with van der Waals surface area (Å²) in [6.45, 7) is 6.08. The second kappa shape index (κ2) is 10.2. The SMILES string of the molecule is CCCCC(CC)COC(CNC)c1ccccc1Cl. The number of unbranched alkanes of at least 4 members (excludes halogenated alkanes) is 1. The fraction of sp³-hybridized carbons (Fsp3) is 0.647. The lowest BCUT2D eigenvalue weighted by molar-refractivity contribution is 0.0261. The molecule has 0 aromatic heterocycles. The molecule has 0 spiro atoms. The zero-order valence-corrected chi connectivity index (χ0v) is 13.7. The van der Waals surface area contributed by atoms with Crippen molar-refractivity contribution in [3.63, 3.8) is 0 Å². The average Bonchev–Trinajstić information content (AvgIpc) is 2.47. The maximum absolute atomic E-state index is 6.28. The predicted molar refractivity (Wildman–Crippen MR) is 87.4 cm³/mol. The molecule has 1 aromatic carbocycles. The molecule has 20 heavy (non-hydrogen) atoms. The molecule has 0 aliphatic rings. The van der Waals surface area contributed by atoms with Crippen molar-refractivity contribution in [2.45, 2.75) is 45.6 Å². The minimum Gasteiger partial charge on any atom is -0.372 e. The van der Waals surface area contributed by atoms with Crippen LogP contribution in [0.15, 0.2) is 24.3 Å². The van der Waals surface area contributed by atoms with Gasteiger partial charge in [-0.15, -0.1) is 0 Å². The smallest absolute Gasteiger partial charge is 0.0963 e. The van der Waals surface area contributed by atoms with Crippen molar-refractivity contribution in [1.29, 1.82) is 0 Å². The molecule has 114 valence electrons. The van der Waals surface area contributed by atoms with E-state index in [0.717, 1.165) is 23.7 Å². The van der Waals surface area contributed by atoms with E-state index in [0.29, 0.717) is 5.92 Å². The van der Waals surface area contributed by atoms with Crippen LogP contribution in [0.2, 0.25) is 5.02 Å². The van der Waals surface area contributed by atoms with E-state index in [1.54, 1.807) is 0 Å². The number of halogens is 1. The summed E-state index contributed by atoms with van der Waals surface area (Å²) in [4.78, 5) is 0. The fourth-order valence-electron chi connectivity index (χ4n) is 2.33. The lowest BCUT2D eigenvalue weighted by Gasteiger charge is -2.22. The molecule has 0 radical (unpaired) electrons. The van der Waals surface area contributed by atoms with Gasteiger partial charge in [0, 0.05) is 17.1 Å². The van der Waals surface area contributed by atoms with Crippen LogP contribution in [0.1, 0.15) is 51.2 Å². The standard InChI is InChI=1S/C17H28ClNO/c1-4-6-9-14(5-2)13-20-17(12-19-3)15-10-7-8-11-16(15)18/h7-8,10-11,14,17,19H,4-6,9,12-13H2,1-3H3. The van der Waals surface area contributed by atoms with Gasteiger partial charge in [0.2, 0.25) is 0 Å². The molecule has 0 aliphatic heterocycles. The molecule has 1 rings (SSSR count). The summed E-state index contributed by atoms with van der Waals surface area (Å²) in [6.07, 6.45) is 4.99. The maximum Gasteiger partial charge on any atom is 0.0963 e. The Morgan fingerprint density at radius 1 is 1.25 bits per heavy atom. The molecular formula is C17H28ClNO. The van der Waals surface area contributed by atoms with Crippen molar-refractivity contribution in [2.75, 3.05) is 20.2 Å². The van der Waals surface area contributed by atoms with Crippen LogP contribution >= 0.6 is 11.6 Å². The van der Waals surface area contributed by atoms with Gasteiger partial charge < -0.3 is 10.1 Å². The van der Waals surface area contributed by atoms with Crippen LogP contribution < -0.4 is 5.32 Å². The topological polar surface area (TPSA) is 21.3 Å². The largest absolute Gasteiger partial charge is 0.372 e. The molecule has 0 saturated carbocycles. The highest BCUT2D eigenvalue weighted by molar-refractivity contribution is 6.31. The van der Waals surface area contributed by atoms with Crippen molar-refractivity contribution in [3.05, 3.63) is 34.9 Å². The minimum absolute atomic E-state index is 0.0318. The molecule has 0 bridgehead atoms. The molecule has 2 atom stereocenters. The molecule has 0 fully saturated rings. The predicted octanol–water partition coefficient (Wildman–Crippen LogP) is 4.83. The normalized spacial score (nSPS) is 14.2. The summed E-state index contributed by atoms with van der Waals surface area (Å²) in [6, 6.07) is 7.95. The second-order valence-corrected chi connectivity index (χ2v) is 5.72. The van der Waals surface area contributed by atoms with Crippen molar-refractivity contribution < 1.29 is 4.74 Å². The Labute approximate surface area is 128 Å². The Morgan fingerprint density at radius 2 is 2.00 bits per heavy atom. The summed E-state index contributed by atoms with van der Waals surface area (Å²) >= 11 is 6.28. The van der Waals surface area contributed by atoms with Gasteiger partial charge in [0.15, 0.2) is 0 Å². The van der Waals surface area contributed by atoms with E-state index in [4.69, 9.17) is 16.3 Å². The van der Waals surface area contributed by atoms with E-state index in [2.05, 4.69) is 25.2 Å². The van der Waals surface area contributed by atoms with Crippen LogP contribution in [-0.4, -0.2) is 20.2 Å². The first kappa shape index (κ1) is 17.5. The third-order valence-electron chi connectivity index (χ3n) is 3.72. The molecule has 1 N–H and O–H groups in total. The van der Waals surface area contributed by atoms with Gasteiger partial charge >= 0.3 is 0 Å². The average molecular weight is 298 g/mol. The van der Waals surface area contributed by atoms with Gasteiger partial charge in [-0.2, -0.15) is 0 Å². The minimum atomic E-state index is 0.0318. The molecule has 0 heterocycles. The molecule has 2 unspecified atom stereocenters. The van der Waals surface area contributed by atoms with Gasteiger partial charge in [-0.1, -0.05) is 62.9 Å². The Bertz CT molecular complexity index is 370. The van der Waals surface area contributed by atoms with Crippen LogP contribution in [-0.2, 0) is 4.74 Å². The summed E-state index contributed by atoms with van der Waals surface area (Å²) in [5.41, 5.74) is 1.08. The van der Waals surface area contributed by atoms with E-state index >= 15 is 0 Å². The third-order valence-corrected chi connectivity index (χ3v) is 4.06. The van der Waals surface area contributed by atoms with Crippen LogP contribution in [0, 0.1) is 5.92 Å². The first-order valence-electron chi connectivity index (χ1n) is 7.73.